The van der Waals surface area contributed by atoms with E-state index in [-0.39, 0.29) is 5.82 Å². The average molecular weight is 488 g/mol. The second-order valence-electron chi connectivity index (χ2n) is 8.90. The Morgan fingerprint density at radius 2 is 1.91 bits per heavy atom. The molecule has 1 unspecified atom stereocenters. The number of aromatic nitrogens is 2. The van der Waals surface area contributed by atoms with E-state index in [2.05, 4.69) is 49.3 Å². The summed E-state index contributed by atoms with van der Waals surface area (Å²) >= 11 is 6.50. The second-order valence-corrected chi connectivity index (χ2v) is 9.31. The molecule has 2 heterocycles. The van der Waals surface area contributed by atoms with E-state index >= 15 is 0 Å². The molecule has 5 heteroatoms. The largest absolute Gasteiger partial charge is 0.384 e. The van der Waals surface area contributed by atoms with Gasteiger partial charge in [-0.3, -0.25) is 9.97 Å². The van der Waals surface area contributed by atoms with Crippen molar-refractivity contribution in [3.63, 3.8) is 0 Å². The summed E-state index contributed by atoms with van der Waals surface area (Å²) in [6.45, 7) is 9.30. The number of hydrogen-bond donors (Lipinski definition) is 1. The second kappa shape index (κ2) is 11.0. The van der Waals surface area contributed by atoms with Gasteiger partial charge in [-0.2, -0.15) is 0 Å². The Morgan fingerprint density at radius 1 is 1.14 bits per heavy atom. The van der Waals surface area contributed by atoms with Crippen molar-refractivity contribution in [3.05, 3.63) is 100 Å². The van der Waals surface area contributed by atoms with Crippen LogP contribution >= 0.6 is 11.6 Å². The Morgan fingerprint density at radius 3 is 2.63 bits per heavy atom. The maximum Gasteiger partial charge on any atom is 0.123 e. The van der Waals surface area contributed by atoms with Gasteiger partial charge in [0.15, 0.2) is 0 Å². The molecular weight excluding hydrogens is 457 g/mol. The van der Waals surface area contributed by atoms with E-state index in [4.69, 9.17) is 16.6 Å². The van der Waals surface area contributed by atoms with Crippen LogP contribution < -0.4 is 5.32 Å². The van der Waals surface area contributed by atoms with Crippen LogP contribution in [-0.2, 0) is 6.42 Å². The first-order valence-electron chi connectivity index (χ1n) is 12.1. The van der Waals surface area contributed by atoms with Gasteiger partial charge in [-0.15, -0.1) is 0 Å². The van der Waals surface area contributed by atoms with Crippen LogP contribution in [0.2, 0.25) is 5.02 Å². The summed E-state index contributed by atoms with van der Waals surface area (Å²) in [5.41, 5.74) is 8.22. The van der Waals surface area contributed by atoms with E-state index in [0.717, 1.165) is 64.1 Å². The average Bonchev–Trinajstić information content (AvgIpc) is 2.87. The summed E-state index contributed by atoms with van der Waals surface area (Å²) in [6, 6.07) is 16.8. The lowest BCUT2D eigenvalue weighted by Crippen LogP contribution is -2.17. The predicted molar refractivity (Wildman–Crippen MR) is 145 cm³/mol. The minimum absolute atomic E-state index is 0.239. The normalized spacial score (nSPS) is 12.7. The Balaban J connectivity index is 1.58. The molecule has 0 saturated heterocycles. The van der Waals surface area contributed by atoms with Crippen molar-refractivity contribution in [2.24, 2.45) is 0 Å². The van der Waals surface area contributed by atoms with Gasteiger partial charge in [0.25, 0.3) is 0 Å². The van der Waals surface area contributed by atoms with Gasteiger partial charge in [0.05, 0.1) is 16.2 Å². The highest BCUT2D eigenvalue weighted by Gasteiger charge is 2.15. The Bertz CT molecular complexity index is 1360. The summed E-state index contributed by atoms with van der Waals surface area (Å²) in [5.74, 6) is 0.181. The topological polar surface area (TPSA) is 37.8 Å². The van der Waals surface area contributed by atoms with Crippen molar-refractivity contribution in [2.75, 3.05) is 6.54 Å². The third-order valence-electron chi connectivity index (χ3n) is 6.58. The monoisotopic (exact) mass is 487 g/mol. The predicted octanol–water partition coefficient (Wildman–Crippen LogP) is 8.10. The standard InChI is InChI=1S/C30H31ClFN3/c1-5-19(3)26-18-25(35-29(20(26)4)21-9-11-24(32)12-10-21)13-15-33-28(6-2)23-16-22-8-7-14-34-30(22)27(31)17-23/h6-12,14,16-19,33H,5,13,15H2,1-4H3/b28-6-. The number of hydrogen-bond acceptors (Lipinski definition) is 3. The molecule has 4 aromatic rings. The van der Waals surface area contributed by atoms with Crippen LogP contribution in [0.5, 0.6) is 0 Å². The molecule has 0 fully saturated rings. The minimum Gasteiger partial charge on any atom is -0.384 e. The van der Waals surface area contributed by atoms with E-state index in [1.807, 2.05) is 37.3 Å². The number of nitrogens with one attached hydrogen (secondary N) is 1. The molecule has 3 nitrogen and oxygen atoms in total. The molecular formula is C30H31ClFN3. The first kappa shape index (κ1) is 24.9. The van der Waals surface area contributed by atoms with Gasteiger partial charge in [0, 0.05) is 41.5 Å². The van der Waals surface area contributed by atoms with Gasteiger partial charge in [-0.25, -0.2) is 4.39 Å². The third kappa shape index (κ3) is 5.54. The van der Waals surface area contributed by atoms with Crippen LogP contribution in [0.25, 0.3) is 27.9 Å². The van der Waals surface area contributed by atoms with Gasteiger partial charge in [-0.1, -0.05) is 37.6 Å². The number of allylic oxidation sites excluding steroid dienone is 1. The molecule has 0 amide bonds. The molecule has 180 valence electrons. The molecule has 0 radical (unpaired) electrons. The first-order chi connectivity index (χ1) is 16.9. The molecule has 4 rings (SSSR count). The van der Waals surface area contributed by atoms with Crippen LogP contribution in [-0.4, -0.2) is 16.5 Å². The summed E-state index contributed by atoms with van der Waals surface area (Å²) < 4.78 is 13.5. The van der Waals surface area contributed by atoms with Crippen molar-refractivity contribution in [1.29, 1.82) is 0 Å². The van der Waals surface area contributed by atoms with Gasteiger partial charge in [-0.05, 0) is 91.4 Å². The number of fused-ring (bicyclic) bond motifs is 1. The summed E-state index contributed by atoms with van der Waals surface area (Å²) in [4.78, 5) is 9.37. The number of rotatable bonds is 8. The van der Waals surface area contributed by atoms with Gasteiger partial charge < -0.3 is 5.32 Å². The number of nitrogens with zero attached hydrogens (tertiary/aromatic N) is 2. The fraction of sp³-hybridized carbons (Fsp3) is 0.267. The van der Waals surface area contributed by atoms with E-state index in [9.17, 15) is 4.39 Å². The lowest BCUT2D eigenvalue weighted by Gasteiger charge is -2.19. The SMILES string of the molecule is C/C=C(\NCCc1cc(C(C)CC)c(C)c(-c2ccc(F)cc2)n1)c1cc(Cl)c2ncccc2c1. The van der Waals surface area contributed by atoms with Crippen molar-refractivity contribution >= 4 is 28.2 Å². The highest BCUT2D eigenvalue weighted by Crippen LogP contribution is 2.31. The van der Waals surface area contributed by atoms with E-state index in [1.54, 1.807) is 6.20 Å². The molecule has 0 aliphatic heterocycles. The maximum absolute atomic E-state index is 13.5. The molecule has 35 heavy (non-hydrogen) atoms. The first-order valence-corrected chi connectivity index (χ1v) is 12.5. The van der Waals surface area contributed by atoms with Crippen LogP contribution in [0.4, 0.5) is 4.39 Å². The number of benzene rings is 2. The van der Waals surface area contributed by atoms with Crippen LogP contribution in [0.1, 0.15) is 55.5 Å². The van der Waals surface area contributed by atoms with Crippen molar-refractivity contribution < 1.29 is 4.39 Å². The fourth-order valence-electron chi connectivity index (χ4n) is 4.43. The van der Waals surface area contributed by atoms with Crippen molar-refractivity contribution in [1.82, 2.24) is 15.3 Å². The molecule has 0 bridgehead atoms. The Labute approximate surface area is 212 Å². The summed E-state index contributed by atoms with van der Waals surface area (Å²) in [7, 11) is 0. The maximum atomic E-state index is 13.5. The van der Waals surface area contributed by atoms with Crippen LogP contribution in [0.15, 0.2) is 66.9 Å². The quantitative estimate of drug-likeness (QED) is 0.273. The third-order valence-corrected chi connectivity index (χ3v) is 6.87. The van der Waals surface area contributed by atoms with E-state index in [1.165, 1.54) is 17.7 Å². The molecule has 2 aromatic heterocycles. The Hall–Kier alpha value is -3.24. The summed E-state index contributed by atoms with van der Waals surface area (Å²) in [6.07, 6.45) is 5.62. The zero-order valence-corrected chi connectivity index (χ0v) is 21.5. The zero-order valence-electron chi connectivity index (χ0n) is 20.7. The van der Waals surface area contributed by atoms with Crippen LogP contribution in [0, 0.1) is 12.7 Å². The number of pyridine rings is 2. The molecule has 1 N–H and O–H groups in total. The molecule has 1 atom stereocenters. The fourth-order valence-corrected chi connectivity index (χ4v) is 4.71. The lowest BCUT2D eigenvalue weighted by molar-refractivity contribution is 0.628. The molecule has 0 aliphatic rings. The van der Waals surface area contributed by atoms with E-state index < -0.39 is 0 Å². The van der Waals surface area contributed by atoms with Gasteiger partial charge in [0.2, 0.25) is 0 Å². The molecule has 0 aliphatic carbocycles. The molecule has 0 saturated carbocycles. The summed E-state index contributed by atoms with van der Waals surface area (Å²) in [5, 5.41) is 5.22. The van der Waals surface area contributed by atoms with Crippen LogP contribution in [0.3, 0.4) is 0 Å². The van der Waals surface area contributed by atoms with Crippen molar-refractivity contribution in [3.8, 4) is 11.3 Å². The smallest absolute Gasteiger partial charge is 0.123 e. The minimum atomic E-state index is -0.239. The number of halogens is 2. The lowest BCUT2D eigenvalue weighted by atomic mass is 9.91. The Kier molecular flexibility index (Phi) is 7.82. The van der Waals surface area contributed by atoms with Crippen molar-refractivity contribution in [2.45, 2.75) is 46.5 Å². The van der Waals surface area contributed by atoms with Gasteiger partial charge >= 0.3 is 0 Å². The van der Waals surface area contributed by atoms with Gasteiger partial charge in [0.1, 0.15) is 5.82 Å². The zero-order chi connectivity index (χ0) is 24.9. The highest BCUT2D eigenvalue weighted by molar-refractivity contribution is 6.35. The molecule has 2 aromatic carbocycles. The van der Waals surface area contributed by atoms with E-state index in [0.29, 0.717) is 10.9 Å². The molecule has 0 spiro atoms. The highest BCUT2D eigenvalue weighted by atomic mass is 35.5.